The number of benzene rings is 5. The third-order valence-corrected chi connectivity index (χ3v) is 10.8. The number of hydrogen-bond acceptors (Lipinski definition) is 12. The minimum atomic E-state index is -0.506. The average Bonchev–Trinajstić information content (AvgIpc) is 3.23. The van der Waals surface area contributed by atoms with Crippen LogP contribution in [0.25, 0.3) is 0 Å². The van der Waals surface area contributed by atoms with E-state index in [0.717, 1.165) is 33.4 Å². The summed E-state index contributed by atoms with van der Waals surface area (Å²) in [4.78, 5) is 0. The number of aliphatic hydroxyl groups excluding tert-OH is 4. The molecule has 5 aromatic carbocycles. The highest BCUT2D eigenvalue weighted by atomic mass is 16.5. The fraction of sp³-hybridized carbons (Fsp3) is 0.375. The lowest BCUT2D eigenvalue weighted by molar-refractivity contribution is 0.174. The minimum Gasteiger partial charge on any atom is -0.507 e. The second-order valence-corrected chi connectivity index (χ2v) is 14.9. The summed E-state index contributed by atoms with van der Waals surface area (Å²) in [6, 6.07) is 23.0. The van der Waals surface area contributed by atoms with Crippen molar-refractivity contribution in [3.8, 4) is 23.0 Å². The van der Waals surface area contributed by atoms with Gasteiger partial charge in [0, 0.05) is 89.0 Å². The van der Waals surface area contributed by atoms with Crippen LogP contribution in [-0.4, -0.2) is 95.7 Å². The Morgan fingerprint density at radius 1 is 0.333 bits per heavy atom. The average molecular weight is 827 g/mol. The van der Waals surface area contributed by atoms with Crippen molar-refractivity contribution in [2.45, 2.75) is 63.9 Å². The van der Waals surface area contributed by atoms with Crippen LogP contribution >= 0.6 is 0 Å². The second-order valence-electron chi connectivity index (χ2n) is 14.9. The molecule has 0 aliphatic rings. The lowest BCUT2D eigenvalue weighted by atomic mass is 9.79. The number of phenols is 4. The van der Waals surface area contributed by atoms with Gasteiger partial charge in [0.2, 0.25) is 0 Å². The highest BCUT2D eigenvalue weighted by Gasteiger charge is 2.27. The molecule has 5 rings (SSSR count). The van der Waals surface area contributed by atoms with Gasteiger partial charge in [-0.05, 0) is 106 Å². The topological polar surface area (TPSA) is 199 Å². The molecule has 5 aromatic rings. The smallest absolute Gasteiger partial charge is 0.126 e. The van der Waals surface area contributed by atoms with Crippen LogP contribution in [0.2, 0.25) is 0 Å². The Labute approximate surface area is 351 Å². The van der Waals surface area contributed by atoms with Gasteiger partial charge in [-0.1, -0.05) is 48.5 Å². The van der Waals surface area contributed by atoms with Crippen molar-refractivity contribution in [3.63, 3.8) is 0 Å². The molecule has 0 aromatic heterocycles. The van der Waals surface area contributed by atoms with Crippen molar-refractivity contribution in [1.82, 2.24) is 0 Å². The van der Waals surface area contributed by atoms with Crippen LogP contribution in [0.4, 0.5) is 0 Å². The zero-order valence-electron chi connectivity index (χ0n) is 34.8. The monoisotopic (exact) mass is 826 g/mol. The third kappa shape index (κ3) is 10.5. The Bertz CT molecular complexity index is 1790. The van der Waals surface area contributed by atoms with Gasteiger partial charge in [0.1, 0.15) is 23.0 Å². The van der Waals surface area contributed by atoms with E-state index in [1.165, 1.54) is 0 Å². The van der Waals surface area contributed by atoms with Crippen LogP contribution < -0.4 is 0 Å². The van der Waals surface area contributed by atoms with E-state index in [4.69, 9.17) is 18.9 Å². The predicted molar refractivity (Wildman–Crippen MR) is 227 cm³/mol. The molecule has 0 spiro atoms. The first-order chi connectivity index (χ1) is 29.1. The van der Waals surface area contributed by atoms with E-state index in [2.05, 4.69) is 0 Å². The lowest BCUT2D eigenvalue weighted by Crippen LogP contribution is -2.11. The zero-order valence-corrected chi connectivity index (χ0v) is 34.8. The van der Waals surface area contributed by atoms with Crippen molar-refractivity contribution in [1.29, 1.82) is 0 Å². The predicted octanol–water partition coefficient (Wildman–Crippen LogP) is 5.59. The Morgan fingerprint density at radius 2 is 0.533 bits per heavy atom. The summed E-state index contributed by atoms with van der Waals surface area (Å²) in [6.07, 6.45) is 0.714. The van der Waals surface area contributed by atoms with Crippen LogP contribution in [0.5, 0.6) is 23.0 Å². The molecule has 0 fully saturated rings. The lowest BCUT2D eigenvalue weighted by Gasteiger charge is -2.26. The standard InChI is InChI=1S/C48H58O12/c1-57-25-39-21-37(22-40(26-58-2)47(39)55)44(38-23-41(27-59-3)48(56)42(24-38)28-60-4)30-7-5-29(6-8-30)43(35-17-31(9-13-49)45(53)32(18-35)10-14-50)36-19-33(11-15-51)46(54)34(20-36)12-16-52/h5-8,17-24,43-44,49-56H,9-16,25-28H2,1-4H3. The quantitative estimate of drug-likeness (QED) is 0.0403. The van der Waals surface area contributed by atoms with E-state index in [-0.39, 0.29) is 102 Å². The van der Waals surface area contributed by atoms with Crippen molar-refractivity contribution in [3.05, 3.63) is 151 Å². The summed E-state index contributed by atoms with van der Waals surface area (Å²) >= 11 is 0. The molecular formula is C48H58O12. The first-order valence-electron chi connectivity index (χ1n) is 19.9. The third-order valence-electron chi connectivity index (χ3n) is 10.8. The molecule has 12 heteroatoms. The highest BCUT2D eigenvalue weighted by molar-refractivity contribution is 5.57. The maximum absolute atomic E-state index is 11.2. The largest absolute Gasteiger partial charge is 0.507 e. The van der Waals surface area contributed by atoms with Crippen LogP contribution in [0.1, 0.15) is 89.7 Å². The molecular weight excluding hydrogens is 769 g/mol. The number of phenolic OH excluding ortho intramolecular Hbond substituents is 4. The fourth-order valence-corrected chi connectivity index (χ4v) is 8.16. The van der Waals surface area contributed by atoms with Gasteiger partial charge in [-0.2, -0.15) is 0 Å². The van der Waals surface area contributed by atoms with Crippen molar-refractivity contribution in [2.24, 2.45) is 0 Å². The normalized spacial score (nSPS) is 11.6. The first-order valence-corrected chi connectivity index (χ1v) is 19.9. The molecule has 0 radical (unpaired) electrons. The molecule has 8 N–H and O–H groups in total. The number of rotatable bonds is 22. The van der Waals surface area contributed by atoms with Crippen LogP contribution in [0.15, 0.2) is 72.8 Å². The summed E-state index contributed by atoms with van der Waals surface area (Å²) in [6.45, 7) is -0.233. The maximum Gasteiger partial charge on any atom is 0.126 e. The molecule has 0 bridgehead atoms. The minimum absolute atomic E-state index is 0.00981. The molecule has 0 aliphatic carbocycles. The van der Waals surface area contributed by atoms with Gasteiger partial charge in [0.05, 0.1) is 26.4 Å². The van der Waals surface area contributed by atoms with Gasteiger partial charge < -0.3 is 59.8 Å². The molecule has 0 atom stereocenters. The number of aliphatic hydroxyl groups is 4. The van der Waals surface area contributed by atoms with Gasteiger partial charge in [-0.25, -0.2) is 0 Å². The van der Waals surface area contributed by atoms with Gasteiger partial charge in [-0.15, -0.1) is 0 Å². The fourth-order valence-electron chi connectivity index (χ4n) is 8.16. The summed E-state index contributed by atoms with van der Waals surface area (Å²) in [5, 5.41) is 84.5. The SMILES string of the molecule is COCc1cc(C(c2ccc(C(c3cc(CCO)c(O)c(CCO)c3)c3cc(CCO)c(O)c(CCO)c3)cc2)c2cc(COC)c(O)c(COC)c2)cc(COC)c1O. The maximum atomic E-state index is 11.2. The summed E-state index contributed by atoms with van der Waals surface area (Å²) in [5.74, 6) is -0.774. The summed E-state index contributed by atoms with van der Waals surface area (Å²) in [5.41, 5.74) is 9.25. The molecule has 60 heavy (non-hydrogen) atoms. The number of methoxy groups -OCH3 is 4. The van der Waals surface area contributed by atoms with Crippen LogP contribution in [0, 0.1) is 0 Å². The van der Waals surface area contributed by atoms with E-state index >= 15 is 0 Å². The first kappa shape index (κ1) is 46.1. The second kappa shape index (κ2) is 22.0. The van der Waals surface area contributed by atoms with E-state index in [9.17, 15) is 40.9 Å². The summed E-state index contributed by atoms with van der Waals surface area (Å²) < 4.78 is 22.0. The zero-order chi connectivity index (χ0) is 43.3. The van der Waals surface area contributed by atoms with Gasteiger partial charge in [0.15, 0.2) is 0 Å². The van der Waals surface area contributed by atoms with Crippen molar-refractivity contribution < 1.29 is 59.8 Å². The van der Waals surface area contributed by atoms with E-state index < -0.39 is 11.8 Å². The van der Waals surface area contributed by atoms with E-state index in [1.54, 1.807) is 28.4 Å². The molecule has 0 amide bonds. The van der Waals surface area contributed by atoms with E-state index in [0.29, 0.717) is 44.5 Å². The molecule has 322 valence electrons. The molecule has 12 nitrogen and oxygen atoms in total. The number of aromatic hydroxyl groups is 4. The Morgan fingerprint density at radius 3 is 0.733 bits per heavy atom. The van der Waals surface area contributed by atoms with Crippen LogP contribution in [0.3, 0.4) is 0 Å². The van der Waals surface area contributed by atoms with Gasteiger partial charge in [-0.3, -0.25) is 0 Å². The highest BCUT2D eigenvalue weighted by Crippen LogP contribution is 2.43. The van der Waals surface area contributed by atoms with Gasteiger partial charge in [0.25, 0.3) is 0 Å². The van der Waals surface area contributed by atoms with Crippen LogP contribution in [-0.2, 0) is 71.1 Å². The van der Waals surface area contributed by atoms with Crippen molar-refractivity contribution >= 4 is 0 Å². The summed E-state index contributed by atoms with van der Waals surface area (Å²) in [7, 11) is 6.24. The van der Waals surface area contributed by atoms with E-state index in [1.807, 2.05) is 72.8 Å². The number of hydrogen-bond donors (Lipinski definition) is 8. The Kier molecular flexibility index (Phi) is 16.9. The Hall–Kier alpha value is -5.02. The molecule has 0 heterocycles. The molecule has 0 saturated heterocycles. The van der Waals surface area contributed by atoms with Crippen molar-refractivity contribution in [2.75, 3.05) is 54.9 Å². The molecule has 0 saturated carbocycles. The molecule has 0 unspecified atom stereocenters. The van der Waals surface area contributed by atoms with Gasteiger partial charge >= 0.3 is 0 Å². The number of ether oxygens (including phenoxy) is 4. The Balaban J connectivity index is 1.80. The molecule has 0 aliphatic heterocycles.